The lowest BCUT2D eigenvalue weighted by Crippen LogP contribution is -2.10. The minimum atomic E-state index is 0.265. The third-order valence-electron chi connectivity index (χ3n) is 3.22. The van der Waals surface area contributed by atoms with Gasteiger partial charge < -0.3 is 9.63 Å². The van der Waals surface area contributed by atoms with Crippen molar-refractivity contribution in [2.75, 3.05) is 0 Å². The minimum Gasteiger partial charge on any atom is -0.508 e. The Morgan fingerprint density at radius 3 is 2.94 bits per heavy atom. The SMILES string of the molecule is Oc1cccc(Cc2nc(C3CCC3)no2)c1. The number of benzene rings is 1. The quantitative estimate of drug-likeness (QED) is 0.880. The van der Waals surface area contributed by atoms with Crippen LogP contribution >= 0.6 is 0 Å². The van der Waals surface area contributed by atoms with Crippen molar-refractivity contribution < 1.29 is 9.63 Å². The van der Waals surface area contributed by atoms with Gasteiger partial charge in [-0.05, 0) is 30.5 Å². The van der Waals surface area contributed by atoms with E-state index >= 15 is 0 Å². The first-order chi connectivity index (χ1) is 8.31. The Hall–Kier alpha value is -1.84. The Morgan fingerprint density at radius 1 is 1.35 bits per heavy atom. The number of phenolic OH excluding ortho intramolecular Hbond substituents is 1. The van der Waals surface area contributed by atoms with Crippen LogP contribution in [0.5, 0.6) is 5.75 Å². The summed E-state index contributed by atoms with van der Waals surface area (Å²) in [6.45, 7) is 0. The van der Waals surface area contributed by atoms with Crippen molar-refractivity contribution in [2.45, 2.75) is 31.6 Å². The van der Waals surface area contributed by atoms with Crippen molar-refractivity contribution in [1.29, 1.82) is 0 Å². The van der Waals surface area contributed by atoms with Crippen LogP contribution in [0.3, 0.4) is 0 Å². The molecule has 1 fully saturated rings. The third-order valence-corrected chi connectivity index (χ3v) is 3.22. The molecule has 4 heteroatoms. The number of nitrogens with zero attached hydrogens (tertiary/aromatic N) is 2. The van der Waals surface area contributed by atoms with E-state index < -0.39 is 0 Å². The van der Waals surface area contributed by atoms with E-state index in [1.807, 2.05) is 12.1 Å². The number of aromatic nitrogens is 2. The summed E-state index contributed by atoms with van der Waals surface area (Å²) in [6.07, 6.45) is 4.19. The van der Waals surface area contributed by atoms with E-state index in [2.05, 4.69) is 10.1 Å². The fourth-order valence-electron chi connectivity index (χ4n) is 2.01. The number of aromatic hydroxyl groups is 1. The molecule has 17 heavy (non-hydrogen) atoms. The molecule has 1 aromatic carbocycles. The molecule has 1 N–H and O–H groups in total. The van der Waals surface area contributed by atoms with Gasteiger partial charge in [-0.25, -0.2) is 0 Å². The first kappa shape index (κ1) is 10.3. The Kier molecular flexibility index (Phi) is 2.55. The number of hydrogen-bond acceptors (Lipinski definition) is 4. The maximum atomic E-state index is 9.37. The average molecular weight is 230 g/mol. The van der Waals surface area contributed by atoms with Gasteiger partial charge in [0.05, 0.1) is 6.42 Å². The van der Waals surface area contributed by atoms with Crippen LogP contribution in [-0.4, -0.2) is 15.2 Å². The van der Waals surface area contributed by atoms with Crippen LogP contribution in [0.25, 0.3) is 0 Å². The minimum absolute atomic E-state index is 0.265. The number of phenols is 1. The van der Waals surface area contributed by atoms with E-state index in [1.165, 1.54) is 19.3 Å². The summed E-state index contributed by atoms with van der Waals surface area (Å²) in [4.78, 5) is 4.40. The zero-order chi connectivity index (χ0) is 11.7. The summed E-state index contributed by atoms with van der Waals surface area (Å²) < 4.78 is 5.22. The van der Waals surface area contributed by atoms with Gasteiger partial charge in [0.25, 0.3) is 0 Å². The van der Waals surface area contributed by atoms with Crippen LogP contribution in [0.15, 0.2) is 28.8 Å². The van der Waals surface area contributed by atoms with Crippen LogP contribution in [0.4, 0.5) is 0 Å². The van der Waals surface area contributed by atoms with Crippen molar-refractivity contribution in [3.05, 3.63) is 41.5 Å². The number of rotatable bonds is 3. The second kappa shape index (κ2) is 4.20. The Morgan fingerprint density at radius 2 is 2.24 bits per heavy atom. The maximum Gasteiger partial charge on any atom is 0.231 e. The fourth-order valence-corrected chi connectivity index (χ4v) is 2.01. The molecule has 1 aliphatic rings. The van der Waals surface area contributed by atoms with E-state index in [4.69, 9.17) is 4.52 Å². The molecule has 1 heterocycles. The predicted octanol–water partition coefficient (Wildman–Crippen LogP) is 2.63. The van der Waals surface area contributed by atoms with Crippen LogP contribution in [0.1, 0.15) is 42.5 Å². The topological polar surface area (TPSA) is 59.2 Å². The highest BCUT2D eigenvalue weighted by atomic mass is 16.5. The van der Waals surface area contributed by atoms with Gasteiger partial charge in [0, 0.05) is 5.92 Å². The van der Waals surface area contributed by atoms with Gasteiger partial charge in [-0.3, -0.25) is 0 Å². The van der Waals surface area contributed by atoms with Crippen molar-refractivity contribution in [2.24, 2.45) is 0 Å². The highest BCUT2D eigenvalue weighted by Crippen LogP contribution is 2.34. The van der Waals surface area contributed by atoms with E-state index in [9.17, 15) is 5.11 Å². The van der Waals surface area contributed by atoms with Gasteiger partial charge in [0.1, 0.15) is 5.75 Å². The molecule has 0 radical (unpaired) electrons. The first-order valence-electron chi connectivity index (χ1n) is 5.91. The molecule has 0 atom stereocenters. The summed E-state index contributed by atoms with van der Waals surface area (Å²) in [5.74, 6) is 2.22. The lowest BCUT2D eigenvalue weighted by Gasteiger charge is -2.20. The van der Waals surface area contributed by atoms with E-state index in [-0.39, 0.29) is 5.75 Å². The van der Waals surface area contributed by atoms with Gasteiger partial charge in [0.2, 0.25) is 5.89 Å². The maximum absolute atomic E-state index is 9.37. The summed E-state index contributed by atoms with van der Waals surface area (Å²) in [7, 11) is 0. The highest BCUT2D eigenvalue weighted by Gasteiger charge is 2.24. The lowest BCUT2D eigenvalue weighted by molar-refractivity contribution is 0.350. The van der Waals surface area contributed by atoms with Gasteiger partial charge >= 0.3 is 0 Å². The van der Waals surface area contributed by atoms with Crippen LogP contribution in [0, 0.1) is 0 Å². The molecule has 0 aliphatic heterocycles. The van der Waals surface area contributed by atoms with Gasteiger partial charge in [-0.1, -0.05) is 23.7 Å². The molecule has 4 nitrogen and oxygen atoms in total. The fraction of sp³-hybridized carbons (Fsp3) is 0.385. The molecule has 1 aliphatic carbocycles. The molecule has 1 saturated carbocycles. The molecule has 2 aromatic rings. The summed E-state index contributed by atoms with van der Waals surface area (Å²) in [6, 6.07) is 7.12. The second-order valence-corrected chi connectivity index (χ2v) is 4.52. The smallest absolute Gasteiger partial charge is 0.231 e. The molecule has 0 unspecified atom stereocenters. The zero-order valence-corrected chi connectivity index (χ0v) is 9.47. The number of hydrogen-bond donors (Lipinski definition) is 1. The molecule has 0 amide bonds. The average Bonchev–Trinajstić information content (AvgIpc) is 2.63. The van der Waals surface area contributed by atoms with Crippen LogP contribution in [-0.2, 0) is 6.42 Å². The summed E-state index contributed by atoms with van der Waals surface area (Å²) >= 11 is 0. The molecule has 0 saturated heterocycles. The third kappa shape index (κ3) is 2.16. The first-order valence-corrected chi connectivity index (χ1v) is 5.91. The normalized spacial score (nSPS) is 15.8. The van der Waals surface area contributed by atoms with Crippen molar-refractivity contribution in [3.63, 3.8) is 0 Å². The van der Waals surface area contributed by atoms with Crippen LogP contribution < -0.4 is 0 Å². The highest BCUT2D eigenvalue weighted by molar-refractivity contribution is 5.28. The summed E-state index contributed by atoms with van der Waals surface area (Å²) in [5, 5.41) is 13.4. The summed E-state index contributed by atoms with van der Waals surface area (Å²) in [5.41, 5.74) is 0.980. The predicted molar refractivity (Wildman–Crippen MR) is 61.8 cm³/mol. The largest absolute Gasteiger partial charge is 0.508 e. The van der Waals surface area contributed by atoms with Crippen molar-refractivity contribution in [1.82, 2.24) is 10.1 Å². The van der Waals surface area contributed by atoms with E-state index in [1.54, 1.807) is 12.1 Å². The van der Waals surface area contributed by atoms with Gasteiger partial charge in [-0.2, -0.15) is 4.98 Å². The zero-order valence-electron chi connectivity index (χ0n) is 9.47. The van der Waals surface area contributed by atoms with Crippen molar-refractivity contribution in [3.8, 4) is 5.75 Å². The Bertz CT molecular complexity index is 518. The van der Waals surface area contributed by atoms with E-state index in [0.717, 1.165) is 11.4 Å². The van der Waals surface area contributed by atoms with Crippen molar-refractivity contribution >= 4 is 0 Å². The van der Waals surface area contributed by atoms with E-state index in [0.29, 0.717) is 18.2 Å². The molecule has 0 spiro atoms. The Balaban J connectivity index is 1.74. The lowest BCUT2D eigenvalue weighted by atomic mass is 9.85. The Labute approximate surface area is 99.3 Å². The molecule has 88 valence electrons. The molecular formula is C13H14N2O2. The second-order valence-electron chi connectivity index (χ2n) is 4.52. The molecule has 0 bridgehead atoms. The van der Waals surface area contributed by atoms with Gasteiger partial charge in [-0.15, -0.1) is 0 Å². The van der Waals surface area contributed by atoms with Crippen LogP contribution in [0.2, 0.25) is 0 Å². The monoisotopic (exact) mass is 230 g/mol. The van der Waals surface area contributed by atoms with Gasteiger partial charge in [0.15, 0.2) is 5.82 Å². The molecular weight excluding hydrogens is 216 g/mol. The molecule has 1 aromatic heterocycles. The standard InChI is InChI=1S/C13H14N2O2/c16-11-6-1-3-9(7-11)8-12-14-13(15-17-12)10-4-2-5-10/h1,3,6-7,10,16H,2,4-5,8H2. The molecule has 3 rings (SSSR count).